The fourth-order valence-electron chi connectivity index (χ4n) is 3.51. The van der Waals surface area contributed by atoms with Crippen molar-refractivity contribution in [2.45, 2.75) is 0 Å². The summed E-state index contributed by atoms with van der Waals surface area (Å²) in [5.41, 5.74) is 1.90. The molecule has 0 heterocycles. The Morgan fingerprint density at radius 1 is 0.824 bits per heavy atom. The topological polar surface area (TPSA) is 93.7 Å². The second kappa shape index (κ2) is 10.3. The maximum absolute atomic E-state index is 12.5. The highest BCUT2D eigenvalue weighted by atomic mass is 16.5. The summed E-state index contributed by atoms with van der Waals surface area (Å²) >= 11 is 0. The summed E-state index contributed by atoms with van der Waals surface area (Å²) in [6.45, 7) is -0.269. The molecule has 0 atom stereocenters. The lowest BCUT2D eigenvalue weighted by Crippen LogP contribution is -2.20. The molecule has 0 saturated carbocycles. The maximum atomic E-state index is 12.5. The van der Waals surface area contributed by atoms with Crippen LogP contribution in [0.1, 0.15) is 20.7 Å². The van der Waals surface area contributed by atoms with Gasteiger partial charge in [0.1, 0.15) is 11.5 Å². The van der Waals surface area contributed by atoms with Crippen molar-refractivity contribution < 1.29 is 23.9 Å². The van der Waals surface area contributed by atoms with Crippen molar-refractivity contribution >= 4 is 40.2 Å². The van der Waals surface area contributed by atoms with E-state index < -0.39 is 5.91 Å². The standard InChI is InChI=1S/C27H22N2O5/c1-33-25-9-5-4-8-23(25)29-27(32)19-10-13-20(14-11-19)28-26(31)17-34-24-15-12-18-6-2-3-7-21(18)22(24)16-30/h2-16H,17H2,1H3,(H,28,31)(H,29,32). The molecular weight excluding hydrogens is 432 g/mol. The largest absolute Gasteiger partial charge is 0.495 e. The highest BCUT2D eigenvalue weighted by molar-refractivity contribution is 6.05. The third-order valence-electron chi connectivity index (χ3n) is 5.19. The lowest BCUT2D eigenvalue weighted by atomic mass is 10.0. The number of nitrogens with one attached hydrogen (secondary N) is 2. The van der Waals surface area contributed by atoms with Gasteiger partial charge in [-0.15, -0.1) is 0 Å². The van der Waals surface area contributed by atoms with Gasteiger partial charge in [0.25, 0.3) is 11.8 Å². The van der Waals surface area contributed by atoms with Crippen LogP contribution in [0.3, 0.4) is 0 Å². The predicted molar refractivity (Wildman–Crippen MR) is 131 cm³/mol. The quantitative estimate of drug-likeness (QED) is 0.368. The summed E-state index contributed by atoms with van der Waals surface area (Å²) < 4.78 is 10.8. The van der Waals surface area contributed by atoms with Gasteiger partial charge >= 0.3 is 0 Å². The van der Waals surface area contributed by atoms with E-state index in [2.05, 4.69) is 10.6 Å². The molecule has 0 saturated heterocycles. The predicted octanol–water partition coefficient (Wildman–Crippen LogP) is 4.93. The van der Waals surface area contributed by atoms with Crippen LogP contribution in [0.15, 0.2) is 84.9 Å². The molecule has 0 aliphatic rings. The minimum atomic E-state index is -0.392. The van der Waals surface area contributed by atoms with Gasteiger partial charge < -0.3 is 20.1 Å². The first-order chi connectivity index (χ1) is 16.6. The highest BCUT2D eigenvalue weighted by Crippen LogP contribution is 2.27. The summed E-state index contributed by atoms with van der Waals surface area (Å²) in [7, 11) is 1.53. The number of aldehydes is 1. The van der Waals surface area contributed by atoms with E-state index in [0.717, 1.165) is 17.1 Å². The van der Waals surface area contributed by atoms with Crippen LogP contribution in [-0.2, 0) is 4.79 Å². The second-order valence-corrected chi connectivity index (χ2v) is 7.38. The Bertz CT molecular complexity index is 1350. The van der Waals surface area contributed by atoms with Crippen molar-refractivity contribution in [3.8, 4) is 11.5 Å². The van der Waals surface area contributed by atoms with Crippen molar-refractivity contribution in [1.29, 1.82) is 0 Å². The smallest absolute Gasteiger partial charge is 0.262 e. The first-order valence-electron chi connectivity index (χ1n) is 10.5. The molecule has 0 bridgehead atoms. The summed E-state index contributed by atoms with van der Waals surface area (Å²) in [6.07, 6.45) is 0.727. The fourth-order valence-corrected chi connectivity index (χ4v) is 3.51. The minimum Gasteiger partial charge on any atom is -0.495 e. The van der Waals surface area contributed by atoms with Crippen molar-refractivity contribution in [2.24, 2.45) is 0 Å². The van der Waals surface area contributed by atoms with Crippen molar-refractivity contribution in [3.05, 3.63) is 96.1 Å². The third-order valence-corrected chi connectivity index (χ3v) is 5.19. The summed E-state index contributed by atoms with van der Waals surface area (Å²) in [4.78, 5) is 36.5. The van der Waals surface area contributed by atoms with E-state index in [0.29, 0.717) is 34.0 Å². The number of methoxy groups -OCH3 is 1. The Balaban J connectivity index is 1.36. The average molecular weight is 454 g/mol. The molecule has 2 amide bonds. The molecule has 2 N–H and O–H groups in total. The Labute approximate surface area is 196 Å². The molecule has 0 unspecified atom stereocenters. The van der Waals surface area contributed by atoms with Crippen LogP contribution < -0.4 is 20.1 Å². The number of carbonyl (C=O) groups is 3. The molecule has 170 valence electrons. The number of para-hydroxylation sites is 2. The van der Waals surface area contributed by atoms with Gasteiger partial charge in [-0.05, 0) is 53.2 Å². The molecular formula is C27H22N2O5. The van der Waals surface area contributed by atoms with Gasteiger partial charge in [-0.3, -0.25) is 14.4 Å². The van der Waals surface area contributed by atoms with E-state index >= 15 is 0 Å². The first kappa shape index (κ1) is 22.5. The number of anilines is 2. The Morgan fingerprint density at radius 2 is 1.56 bits per heavy atom. The van der Waals surface area contributed by atoms with E-state index in [1.807, 2.05) is 36.4 Å². The maximum Gasteiger partial charge on any atom is 0.262 e. The zero-order chi connectivity index (χ0) is 23.9. The van der Waals surface area contributed by atoms with Gasteiger partial charge in [-0.2, -0.15) is 0 Å². The Morgan fingerprint density at radius 3 is 2.32 bits per heavy atom. The Hall–Kier alpha value is -4.65. The van der Waals surface area contributed by atoms with Crippen molar-refractivity contribution in [1.82, 2.24) is 0 Å². The van der Waals surface area contributed by atoms with Gasteiger partial charge in [0.05, 0.1) is 18.4 Å². The second-order valence-electron chi connectivity index (χ2n) is 7.38. The first-order valence-corrected chi connectivity index (χ1v) is 10.5. The van der Waals surface area contributed by atoms with E-state index in [9.17, 15) is 14.4 Å². The van der Waals surface area contributed by atoms with E-state index in [4.69, 9.17) is 9.47 Å². The zero-order valence-corrected chi connectivity index (χ0v) is 18.4. The molecule has 0 spiro atoms. The lowest BCUT2D eigenvalue weighted by Gasteiger charge is -2.12. The third kappa shape index (κ3) is 5.05. The number of benzene rings is 4. The van der Waals surface area contributed by atoms with E-state index in [1.54, 1.807) is 48.5 Å². The molecule has 4 aromatic rings. The van der Waals surface area contributed by atoms with Gasteiger partial charge in [-0.1, -0.05) is 42.5 Å². The Kier molecular flexibility index (Phi) is 6.84. The van der Waals surface area contributed by atoms with Crippen LogP contribution in [0.4, 0.5) is 11.4 Å². The fraction of sp³-hybridized carbons (Fsp3) is 0.0741. The minimum absolute atomic E-state index is 0.269. The molecule has 4 aromatic carbocycles. The number of carbonyl (C=O) groups excluding carboxylic acids is 3. The summed E-state index contributed by atoms with van der Waals surface area (Å²) in [5.74, 6) is 0.204. The molecule has 0 aromatic heterocycles. The van der Waals surface area contributed by atoms with Crippen LogP contribution >= 0.6 is 0 Å². The zero-order valence-electron chi connectivity index (χ0n) is 18.4. The van der Waals surface area contributed by atoms with Crippen molar-refractivity contribution in [2.75, 3.05) is 24.4 Å². The van der Waals surface area contributed by atoms with Gasteiger partial charge in [-0.25, -0.2) is 0 Å². The molecule has 7 heteroatoms. The average Bonchev–Trinajstić information content (AvgIpc) is 2.87. The molecule has 0 fully saturated rings. The number of hydrogen-bond donors (Lipinski definition) is 2. The van der Waals surface area contributed by atoms with E-state index in [-0.39, 0.29) is 12.5 Å². The van der Waals surface area contributed by atoms with Gasteiger partial charge in [0.2, 0.25) is 0 Å². The SMILES string of the molecule is COc1ccccc1NC(=O)c1ccc(NC(=O)COc2ccc3ccccc3c2C=O)cc1. The number of ether oxygens (including phenoxy) is 2. The van der Waals surface area contributed by atoms with Crippen LogP contribution in [0.25, 0.3) is 10.8 Å². The summed E-state index contributed by atoms with van der Waals surface area (Å²) in [5, 5.41) is 7.19. The van der Waals surface area contributed by atoms with Crippen LogP contribution in [-0.4, -0.2) is 31.8 Å². The number of hydrogen-bond acceptors (Lipinski definition) is 5. The monoisotopic (exact) mass is 454 g/mol. The molecule has 0 aliphatic heterocycles. The van der Waals surface area contributed by atoms with E-state index in [1.165, 1.54) is 7.11 Å². The molecule has 34 heavy (non-hydrogen) atoms. The van der Waals surface area contributed by atoms with Crippen molar-refractivity contribution in [3.63, 3.8) is 0 Å². The highest BCUT2D eigenvalue weighted by Gasteiger charge is 2.12. The van der Waals surface area contributed by atoms with Crippen LogP contribution in [0, 0.1) is 0 Å². The van der Waals surface area contributed by atoms with Crippen LogP contribution in [0.2, 0.25) is 0 Å². The van der Waals surface area contributed by atoms with Gasteiger partial charge in [0, 0.05) is 11.3 Å². The molecule has 0 radical (unpaired) electrons. The molecule has 0 aliphatic carbocycles. The molecule has 4 rings (SSSR count). The van der Waals surface area contributed by atoms with Gasteiger partial charge in [0.15, 0.2) is 12.9 Å². The number of amides is 2. The normalized spacial score (nSPS) is 10.4. The molecule has 7 nitrogen and oxygen atoms in total. The number of rotatable bonds is 8. The number of fused-ring (bicyclic) bond motifs is 1. The summed E-state index contributed by atoms with van der Waals surface area (Å²) in [6, 6.07) is 24.6. The lowest BCUT2D eigenvalue weighted by molar-refractivity contribution is -0.118. The van der Waals surface area contributed by atoms with Crippen LogP contribution in [0.5, 0.6) is 11.5 Å².